The molecule has 4 rings (SSSR count). The molecule has 0 bridgehead atoms. The van der Waals surface area contributed by atoms with Gasteiger partial charge < -0.3 is 10.1 Å². The molecular formula is C25H21ClN2O6S. The van der Waals surface area contributed by atoms with Crippen molar-refractivity contribution in [1.82, 2.24) is 0 Å². The maximum absolute atomic E-state index is 13.5. The van der Waals surface area contributed by atoms with E-state index >= 15 is 0 Å². The number of esters is 1. The fraction of sp³-hybridized carbons (Fsp3) is 0.160. The fourth-order valence-electron chi connectivity index (χ4n) is 3.78. The van der Waals surface area contributed by atoms with Crippen LogP contribution in [0.25, 0.3) is 0 Å². The Bertz CT molecular complexity index is 1470. The normalized spacial score (nSPS) is 13.9. The number of sulfone groups is 1. The summed E-state index contributed by atoms with van der Waals surface area (Å²) >= 11 is 6.13. The van der Waals surface area contributed by atoms with Gasteiger partial charge in [-0.25, -0.2) is 13.2 Å². The van der Waals surface area contributed by atoms with Crippen molar-refractivity contribution in [2.45, 2.75) is 23.6 Å². The highest BCUT2D eigenvalue weighted by Gasteiger charge is 2.37. The van der Waals surface area contributed by atoms with Gasteiger partial charge in [-0.05, 0) is 61.9 Å². The monoisotopic (exact) mass is 512 g/mol. The third kappa shape index (κ3) is 4.52. The summed E-state index contributed by atoms with van der Waals surface area (Å²) in [6.07, 6.45) is 0. The van der Waals surface area contributed by atoms with Crippen LogP contribution in [0.2, 0.25) is 5.02 Å². The molecule has 8 nitrogen and oxygen atoms in total. The van der Waals surface area contributed by atoms with Gasteiger partial charge in [0.2, 0.25) is 15.7 Å². The molecule has 1 heterocycles. The third-order valence-electron chi connectivity index (χ3n) is 5.55. The second kappa shape index (κ2) is 9.52. The van der Waals surface area contributed by atoms with Gasteiger partial charge in [0.05, 0.1) is 33.2 Å². The molecule has 0 atom stereocenters. The van der Waals surface area contributed by atoms with E-state index < -0.39 is 34.2 Å². The highest BCUT2D eigenvalue weighted by Crippen LogP contribution is 2.37. The topological polar surface area (TPSA) is 110 Å². The second-order valence-electron chi connectivity index (χ2n) is 7.75. The zero-order chi connectivity index (χ0) is 25.3. The number of fused-ring (bicyclic) bond motifs is 2. The fourth-order valence-corrected chi connectivity index (χ4v) is 5.59. The first kappa shape index (κ1) is 24.4. The van der Waals surface area contributed by atoms with E-state index in [1.807, 2.05) is 0 Å². The number of hydrogen-bond acceptors (Lipinski definition) is 6. The van der Waals surface area contributed by atoms with E-state index in [4.69, 9.17) is 16.3 Å². The van der Waals surface area contributed by atoms with Crippen molar-refractivity contribution in [2.24, 2.45) is 0 Å². The van der Waals surface area contributed by atoms with Crippen LogP contribution in [0.15, 0.2) is 70.5 Å². The van der Waals surface area contributed by atoms with Crippen molar-refractivity contribution in [1.29, 1.82) is 0 Å². The van der Waals surface area contributed by atoms with Crippen LogP contribution in [0.3, 0.4) is 0 Å². The smallest absolute Gasteiger partial charge is 0.338 e. The molecule has 3 aromatic rings. The van der Waals surface area contributed by atoms with Crippen LogP contribution < -0.4 is 10.2 Å². The van der Waals surface area contributed by atoms with Crippen LogP contribution in [0, 0.1) is 6.92 Å². The maximum atomic E-state index is 13.5. The van der Waals surface area contributed by atoms with E-state index in [1.54, 1.807) is 38.1 Å². The number of halogens is 1. The molecular weight excluding hydrogens is 492 g/mol. The number of carbonyl (C=O) groups excluding carboxylic acids is 3. The number of ether oxygens (including phenoxy) is 1. The summed E-state index contributed by atoms with van der Waals surface area (Å²) in [6, 6.07) is 14.6. The van der Waals surface area contributed by atoms with Crippen molar-refractivity contribution >= 4 is 50.6 Å². The van der Waals surface area contributed by atoms with E-state index in [9.17, 15) is 22.8 Å². The molecule has 0 radical (unpaired) electrons. The highest BCUT2D eigenvalue weighted by atomic mass is 35.5. The Kier molecular flexibility index (Phi) is 6.64. The summed E-state index contributed by atoms with van der Waals surface area (Å²) in [4.78, 5) is 39.6. The summed E-state index contributed by atoms with van der Waals surface area (Å²) in [7, 11) is -4.13. The van der Waals surface area contributed by atoms with Crippen molar-refractivity contribution in [2.75, 3.05) is 23.4 Å². The number of carbonyl (C=O) groups is 3. The van der Waals surface area contributed by atoms with Crippen LogP contribution in [-0.2, 0) is 19.4 Å². The Balaban J connectivity index is 1.83. The first-order chi connectivity index (χ1) is 16.6. The van der Waals surface area contributed by atoms with Gasteiger partial charge in [0.1, 0.15) is 6.54 Å². The Morgan fingerprint density at radius 1 is 1.03 bits per heavy atom. The third-order valence-corrected chi connectivity index (χ3v) is 7.81. The van der Waals surface area contributed by atoms with Crippen LogP contribution in [0.1, 0.15) is 33.2 Å². The van der Waals surface area contributed by atoms with Crippen molar-refractivity contribution < 1.29 is 27.5 Å². The van der Waals surface area contributed by atoms with E-state index in [2.05, 4.69) is 5.32 Å². The predicted molar refractivity (Wildman–Crippen MR) is 131 cm³/mol. The zero-order valence-electron chi connectivity index (χ0n) is 18.9. The van der Waals surface area contributed by atoms with E-state index in [1.165, 1.54) is 36.4 Å². The van der Waals surface area contributed by atoms with Gasteiger partial charge in [-0.1, -0.05) is 29.8 Å². The number of nitrogens with one attached hydrogen (secondary N) is 1. The van der Waals surface area contributed by atoms with Gasteiger partial charge in [-0.15, -0.1) is 0 Å². The molecule has 2 amide bonds. The Labute approximate surface area is 207 Å². The molecule has 0 unspecified atom stereocenters. The number of hydrogen-bond donors (Lipinski definition) is 1. The second-order valence-corrected chi connectivity index (χ2v) is 10.0. The average Bonchev–Trinajstić information content (AvgIpc) is 2.90. The Morgan fingerprint density at radius 2 is 1.77 bits per heavy atom. The minimum atomic E-state index is -4.13. The molecule has 10 heteroatoms. The number of amides is 2. The van der Waals surface area contributed by atoms with Crippen molar-refractivity contribution in [3.8, 4) is 0 Å². The molecule has 1 N–H and O–H groups in total. The molecule has 0 aliphatic carbocycles. The molecule has 1 aliphatic heterocycles. The van der Waals surface area contributed by atoms with Gasteiger partial charge in [0.15, 0.2) is 0 Å². The van der Waals surface area contributed by atoms with Crippen molar-refractivity contribution in [3.63, 3.8) is 0 Å². The van der Waals surface area contributed by atoms with Gasteiger partial charge in [0, 0.05) is 10.7 Å². The van der Waals surface area contributed by atoms with E-state index in [0.29, 0.717) is 16.3 Å². The first-order valence-electron chi connectivity index (χ1n) is 10.7. The lowest BCUT2D eigenvalue weighted by molar-refractivity contribution is -0.114. The first-order valence-corrected chi connectivity index (χ1v) is 12.5. The molecule has 0 aromatic heterocycles. The summed E-state index contributed by atoms with van der Waals surface area (Å²) in [5.74, 6) is -1.95. The molecule has 0 saturated heterocycles. The summed E-state index contributed by atoms with van der Waals surface area (Å²) < 4.78 is 32.0. The summed E-state index contributed by atoms with van der Waals surface area (Å²) in [6.45, 7) is 2.98. The van der Waals surface area contributed by atoms with Gasteiger partial charge in [-0.3, -0.25) is 14.5 Å². The molecule has 0 fully saturated rings. The van der Waals surface area contributed by atoms with E-state index in [-0.39, 0.29) is 33.2 Å². The van der Waals surface area contributed by atoms with Gasteiger partial charge >= 0.3 is 5.97 Å². The lowest BCUT2D eigenvalue weighted by Gasteiger charge is -2.23. The molecule has 1 aliphatic rings. The largest absolute Gasteiger partial charge is 0.462 e. The molecule has 3 aromatic carbocycles. The number of benzene rings is 3. The summed E-state index contributed by atoms with van der Waals surface area (Å²) in [5, 5.41) is 3.17. The quantitative estimate of drug-likeness (QED) is 0.511. The van der Waals surface area contributed by atoms with Crippen LogP contribution in [-0.4, -0.2) is 39.4 Å². The zero-order valence-corrected chi connectivity index (χ0v) is 20.4. The predicted octanol–water partition coefficient (Wildman–Crippen LogP) is 4.26. The minimum Gasteiger partial charge on any atom is -0.462 e. The average molecular weight is 513 g/mol. The van der Waals surface area contributed by atoms with Gasteiger partial charge in [-0.2, -0.15) is 0 Å². The number of nitrogens with zero attached hydrogens (tertiary/aromatic N) is 1. The van der Waals surface area contributed by atoms with Crippen LogP contribution in [0.5, 0.6) is 0 Å². The van der Waals surface area contributed by atoms with Gasteiger partial charge in [0.25, 0.3) is 5.91 Å². The van der Waals surface area contributed by atoms with Crippen LogP contribution in [0.4, 0.5) is 11.4 Å². The number of anilines is 2. The number of rotatable bonds is 5. The molecule has 0 saturated carbocycles. The van der Waals surface area contributed by atoms with E-state index in [0.717, 1.165) is 4.90 Å². The van der Waals surface area contributed by atoms with Crippen molar-refractivity contribution in [3.05, 3.63) is 82.4 Å². The lowest BCUT2D eigenvalue weighted by atomic mass is 10.1. The minimum absolute atomic E-state index is 0.0515. The standard InChI is InChI=1S/C25H21ClN2O6S/c1-3-34-25(31)16-11-12-22-20(13-16)28(14-23(29)27-19-9-6-8-18(26)15(19)2)24(30)17-7-4-5-10-21(17)35(22,32)33/h4-13H,3,14H2,1-2H3,(H,27,29). The summed E-state index contributed by atoms with van der Waals surface area (Å²) in [5.41, 5.74) is 0.986. The Hall–Kier alpha value is -3.69. The molecule has 0 spiro atoms. The van der Waals surface area contributed by atoms with Crippen LogP contribution >= 0.6 is 11.6 Å². The highest BCUT2D eigenvalue weighted by molar-refractivity contribution is 7.91. The molecule has 35 heavy (non-hydrogen) atoms. The Morgan fingerprint density at radius 3 is 2.51 bits per heavy atom. The SMILES string of the molecule is CCOC(=O)c1ccc2c(c1)N(CC(=O)Nc1cccc(Cl)c1C)C(=O)c1ccccc1S2(=O)=O. The molecule has 180 valence electrons. The maximum Gasteiger partial charge on any atom is 0.338 e. The lowest BCUT2D eigenvalue weighted by Crippen LogP contribution is -2.38.